The molecule has 3 aromatic rings. The minimum absolute atomic E-state index is 0.124. The van der Waals surface area contributed by atoms with E-state index in [1.807, 2.05) is 35.7 Å². The van der Waals surface area contributed by atoms with Crippen LogP contribution in [0.15, 0.2) is 60.0 Å². The molecule has 0 saturated carbocycles. The van der Waals surface area contributed by atoms with Crippen molar-refractivity contribution >= 4 is 23.3 Å². The predicted octanol–water partition coefficient (Wildman–Crippen LogP) is 4.75. The lowest BCUT2D eigenvalue weighted by atomic mass is 10.1. The van der Waals surface area contributed by atoms with Crippen LogP contribution in [0, 0.1) is 0 Å². The number of aromatic nitrogens is 1. The van der Waals surface area contributed by atoms with Gasteiger partial charge in [-0.25, -0.2) is 4.98 Å². The monoisotopic (exact) mass is 416 g/mol. The van der Waals surface area contributed by atoms with Crippen molar-refractivity contribution in [2.75, 3.05) is 7.11 Å². The van der Waals surface area contributed by atoms with E-state index in [0.717, 1.165) is 16.3 Å². The van der Waals surface area contributed by atoms with Crippen molar-refractivity contribution in [3.05, 3.63) is 71.2 Å². The lowest BCUT2D eigenvalue weighted by Crippen LogP contribution is -2.20. The van der Waals surface area contributed by atoms with Crippen LogP contribution in [-0.4, -0.2) is 24.6 Å². The summed E-state index contributed by atoms with van der Waals surface area (Å²) in [5.41, 5.74) is 2.05. The highest BCUT2D eigenvalue weighted by atomic mass is 32.1. The molecule has 5 nitrogen and oxygen atoms in total. The van der Waals surface area contributed by atoms with Crippen molar-refractivity contribution in [1.29, 1.82) is 0 Å². The summed E-state index contributed by atoms with van der Waals surface area (Å²) >= 11 is 1.49. The third-order valence-electron chi connectivity index (χ3n) is 3.87. The molecule has 0 bridgehead atoms. The fourth-order valence-electron chi connectivity index (χ4n) is 2.54. The number of nitrogens with zero attached hydrogens (tertiary/aromatic N) is 1. The molecule has 29 heavy (non-hydrogen) atoms. The van der Waals surface area contributed by atoms with Crippen LogP contribution in [0.3, 0.4) is 0 Å². The Kier molecular flexibility index (Phi) is 6.91. The van der Waals surface area contributed by atoms with Crippen molar-refractivity contribution in [1.82, 2.24) is 10.3 Å². The van der Waals surface area contributed by atoms with Gasteiger partial charge in [-0.2, -0.15) is 8.78 Å². The number of methoxy groups -OCH3 is 1. The zero-order chi connectivity index (χ0) is 20.6. The largest absolute Gasteiger partial charge is 0.493 e. The molecule has 0 radical (unpaired) electrons. The van der Waals surface area contributed by atoms with E-state index < -0.39 is 6.61 Å². The first-order valence-corrected chi connectivity index (χ1v) is 9.52. The maximum atomic E-state index is 12.7. The third kappa shape index (κ3) is 5.61. The molecule has 1 aromatic heterocycles. The molecule has 0 aliphatic rings. The fourth-order valence-corrected chi connectivity index (χ4v) is 3.37. The van der Waals surface area contributed by atoms with Crippen molar-refractivity contribution in [2.45, 2.75) is 13.2 Å². The number of ether oxygens (including phenoxy) is 2. The van der Waals surface area contributed by atoms with E-state index in [4.69, 9.17) is 4.74 Å². The summed E-state index contributed by atoms with van der Waals surface area (Å²) in [6.07, 6.45) is 2.64. The van der Waals surface area contributed by atoms with Gasteiger partial charge in [0.1, 0.15) is 5.01 Å². The molecule has 0 unspecified atom stereocenters. The summed E-state index contributed by atoms with van der Waals surface area (Å²) in [6.45, 7) is -2.75. The molecule has 2 aromatic carbocycles. The molecule has 0 aliphatic carbocycles. The Morgan fingerprint density at radius 1 is 1.21 bits per heavy atom. The Hall–Kier alpha value is -3.26. The van der Waals surface area contributed by atoms with Gasteiger partial charge in [-0.1, -0.05) is 42.5 Å². The second kappa shape index (κ2) is 9.79. The summed E-state index contributed by atoms with van der Waals surface area (Å²) in [4.78, 5) is 16.6. The highest BCUT2D eigenvalue weighted by Gasteiger charge is 2.14. The molecular weight excluding hydrogens is 398 g/mol. The lowest BCUT2D eigenvalue weighted by molar-refractivity contribution is -0.116. The van der Waals surface area contributed by atoms with Gasteiger partial charge >= 0.3 is 6.61 Å². The van der Waals surface area contributed by atoms with Crippen molar-refractivity contribution < 1.29 is 23.0 Å². The molecule has 1 heterocycles. The Bertz CT molecular complexity index is 991. The molecule has 0 saturated heterocycles. The molecule has 3 rings (SSSR count). The summed E-state index contributed by atoms with van der Waals surface area (Å²) < 4.78 is 34.9. The maximum absolute atomic E-state index is 12.7. The van der Waals surface area contributed by atoms with Crippen LogP contribution in [0.25, 0.3) is 16.6 Å². The zero-order valence-corrected chi connectivity index (χ0v) is 16.3. The van der Waals surface area contributed by atoms with E-state index in [0.29, 0.717) is 5.56 Å². The number of benzene rings is 2. The Morgan fingerprint density at radius 2 is 2.00 bits per heavy atom. The number of carbonyl (C=O) groups is 1. The Balaban J connectivity index is 1.63. The highest BCUT2D eigenvalue weighted by Crippen LogP contribution is 2.33. The van der Waals surface area contributed by atoms with Gasteiger partial charge < -0.3 is 14.8 Å². The lowest BCUT2D eigenvalue weighted by Gasteiger charge is -2.12. The molecule has 0 aliphatic heterocycles. The van der Waals surface area contributed by atoms with E-state index in [2.05, 4.69) is 15.0 Å². The van der Waals surface area contributed by atoms with Gasteiger partial charge in [-0.15, -0.1) is 11.3 Å². The van der Waals surface area contributed by atoms with Crippen LogP contribution >= 0.6 is 11.3 Å². The smallest absolute Gasteiger partial charge is 0.387 e. The number of hydrogen-bond donors (Lipinski definition) is 1. The van der Waals surface area contributed by atoms with Crippen LogP contribution in [0.2, 0.25) is 0 Å². The fraction of sp³-hybridized carbons (Fsp3) is 0.143. The minimum Gasteiger partial charge on any atom is -0.493 e. The number of amides is 1. The van der Waals surface area contributed by atoms with Gasteiger partial charge in [-0.3, -0.25) is 4.79 Å². The SMILES string of the molecule is COc1cccc(/C=C/C(=O)NCc2csc(-c3ccccc3)n2)c1OC(F)F. The molecule has 0 fully saturated rings. The van der Waals surface area contributed by atoms with Gasteiger partial charge in [0, 0.05) is 22.6 Å². The number of para-hydroxylation sites is 1. The van der Waals surface area contributed by atoms with E-state index in [1.54, 1.807) is 12.1 Å². The first-order valence-electron chi connectivity index (χ1n) is 8.64. The van der Waals surface area contributed by atoms with Crippen LogP contribution < -0.4 is 14.8 Å². The van der Waals surface area contributed by atoms with Crippen molar-refractivity contribution in [3.63, 3.8) is 0 Å². The van der Waals surface area contributed by atoms with Crippen LogP contribution in [-0.2, 0) is 11.3 Å². The average molecular weight is 416 g/mol. The molecule has 150 valence electrons. The highest BCUT2D eigenvalue weighted by molar-refractivity contribution is 7.13. The van der Waals surface area contributed by atoms with Gasteiger partial charge in [-0.05, 0) is 12.1 Å². The van der Waals surface area contributed by atoms with Crippen molar-refractivity contribution in [2.24, 2.45) is 0 Å². The average Bonchev–Trinajstić information content (AvgIpc) is 3.21. The quantitative estimate of drug-likeness (QED) is 0.539. The summed E-state index contributed by atoms with van der Waals surface area (Å²) in [5.74, 6) is -0.352. The number of alkyl halides is 2. The summed E-state index contributed by atoms with van der Waals surface area (Å²) in [7, 11) is 1.35. The normalized spacial score (nSPS) is 11.0. The van der Waals surface area contributed by atoms with Crippen LogP contribution in [0.1, 0.15) is 11.3 Å². The maximum Gasteiger partial charge on any atom is 0.387 e. The van der Waals surface area contributed by atoms with Gasteiger partial charge in [0.15, 0.2) is 11.5 Å². The third-order valence-corrected chi connectivity index (χ3v) is 4.81. The second-order valence-electron chi connectivity index (χ2n) is 5.82. The first kappa shape index (κ1) is 20.5. The van der Waals surface area contributed by atoms with E-state index in [9.17, 15) is 13.6 Å². The first-order chi connectivity index (χ1) is 14.1. The zero-order valence-electron chi connectivity index (χ0n) is 15.5. The summed E-state index contributed by atoms with van der Waals surface area (Å²) in [6, 6.07) is 14.4. The molecule has 0 atom stereocenters. The Morgan fingerprint density at radius 3 is 2.72 bits per heavy atom. The number of nitrogens with one attached hydrogen (secondary N) is 1. The molecule has 0 spiro atoms. The van der Waals surface area contributed by atoms with E-state index in [1.165, 1.54) is 36.7 Å². The van der Waals surface area contributed by atoms with Crippen LogP contribution in [0.5, 0.6) is 11.5 Å². The second-order valence-corrected chi connectivity index (χ2v) is 6.68. The predicted molar refractivity (Wildman–Crippen MR) is 108 cm³/mol. The molecule has 8 heteroatoms. The number of halogens is 2. The molecule has 1 N–H and O–H groups in total. The Labute approximate surface area is 170 Å². The number of hydrogen-bond acceptors (Lipinski definition) is 5. The number of thiazole rings is 1. The van der Waals surface area contributed by atoms with Gasteiger partial charge in [0.2, 0.25) is 5.91 Å². The molecular formula is C21H18F2N2O3S. The molecule has 1 amide bonds. The minimum atomic E-state index is -3.00. The van der Waals surface area contributed by atoms with Gasteiger partial charge in [0.05, 0.1) is 19.3 Å². The van der Waals surface area contributed by atoms with Crippen LogP contribution in [0.4, 0.5) is 8.78 Å². The standard InChI is InChI=1S/C21H18F2N2O3S/c1-27-17-9-5-8-14(19(17)28-21(22)23)10-11-18(26)24-12-16-13-29-20(25-16)15-6-3-2-4-7-15/h2-11,13,21H,12H2,1H3,(H,24,26)/b11-10+. The topological polar surface area (TPSA) is 60.5 Å². The summed E-state index contributed by atoms with van der Waals surface area (Å²) in [5, 5.41) is 5.47. The number of carbonyl (C=O) groups excluding carboxylic acids is 1. The van der Waals surface area contributed by atoms with E-state index in [-0.39, 0.29) is 24.0 Å². The van der Waals surface area contributed by atoms with Gasteiger partial charge in [0.25, 0.3) is 0 Å². The van der Waals surface area contributed by atoms with E-state index >= 15 is 0 Å². The number of rotatable bonds is 8. The van der Waals surface area contributed by atoms with Crippen molar-refractivity contribution in [3.8, 4) is 22.1 Å².